The first kappa shape index (κ1) is 15.8. The normalized spacial score (nSPS) is 11.0. The molecule has 0 aliphatic carbocycles. The molecule has 0 amide bonds. The predicted molar refractivity (Wildman–Crippen MR) is 84.6 cm³/mol. The highest BCUT2D eigenvalue weighted by Gasteiger charge is 2.08. The van der Waals surface area contributed by atoms with Crippen molar-refractivity contribution in [1.29, 1.82) is 0 Å². The molecule has 0 atom stereocenters. The first-order valence-electron chi connectivity index (χ1n) is 6.91. The molecule has 0 unspecified atom stereocenters. The quantitative estimate of drug-likeness (QED) is 0.832. The minimum absolute atomic E-state index is 0.0569. The van der Waals surface area contributed by atoms with E-state index in [9.17, 15) is 4.39 Å². The molecule has 112 valence electrons. The van der Waals surface area contributed by atoms with Crippen LogP contribution in [0.5, 0.6) is 11.5 Å². The van der Waals surface area contributed by atoms with Crippen LogP contribution in [0.3, 0.4) is 0 Å². The SMILES string of the molecule is Cc1ccc(Oc2ccc(F)c(Cl)c2)c(CNC(C)C)c1. The molecule has 0 saturated carbocycles. The van der Waals surface area contributed by atoms with Crippen molar-refractivity contribution in [3.05, 3.63) is 58.4 Å². The number of hydrogen-bond acceptors (Lipinski definition) is 2. The van der Waals surface area contributed by atoms with Gasteiger partial charge in [-0.2, -0.15) is 0 Å². The van der Waals surface area contributed by atoms with Gasteiger partial charge in [-0.05, 0) is 25.1 Å². The van der Waals surface area contributed by atoms with Crippen LogP contribution >= 0.6 is 11.6 Å². The zero-order valence-electron chi connectivity index (χ0n) is 12.4. The Bertz CT molecular complexity index is 628. The summed E-state index contributed by atoms with van der Waals surface area (Å²) in [5, 5.41) is 3.43. The highest BCUT2D eigenvalue weighted by molar-refractivity contribution is 6.30. The predicted octanol–water partition coefficient (Wildman–Crippen LogP) is 5.08. The van der Waals surface area contributed by atoms with Crippen molar-refractivity contribution in [1.82, 2.24) is 5.32 Å². The summed E-state index contributed by atoms with van der Waals surface area (Å²) < 4.78 is 19.0. The van der Waals surface area contributed by atoms with Gasteiger partial charge in [0.2, 0.25) is 0 Å². The first-order chi connectivity index (χ1) is 9.95. The van der Waals surface area contributed by atoms with Gasteiger partial charge in [0.1, 0.15) is 17.3 Å². The fraction of sp³-hybridized carbons (Fsp3) is 0.294. The van der Waals surface area contributed by atoms with Crippen LogP contribution in [0.2, 0.25) is 5.02 Å². The molecule has 0 heterocycles. The number of benzene rings is 2. The Balaban J connectivity index is 2.23. The highest BCUT2D eigenvalue weighted by atomic mass is 35.5. The molecule has 0 aromatic heterocycles. The molecule has 0 fully saturated rings. The van der Waals surface area contributed by atoms with Gasteiger partial charge in [0.15, 0.2) is 0 Å². The van der Waals surface area contributed by atoms with Crippen molar-refractivity contribution >= 4 is 11.6 Å². The monoisotopic (exact) mass is 307 g/mol. The van der Waals surface area contributed by atoms with E-state index < -0.39 is 5.82 Å². The van der Waals surface area contributed by atoms with E-state index in [2.05, 4.69) is 25.2 Å². The van der Waals surface area contributed by atoms with Crippen LogP contribution in [-0.2, 0) is 6.54 Å². The van der Waals surface area contributed by atoms with Crippen molar-refractivity contribution < 1.29 is 9.13 Å². The van der Waals surface area contributed by atoms with E-state index in [1.54, 1.807) is 6.07 Å². The van der Waals surface area contributed by atoms with E-state index in [0.717, 1.165) is 11.3 Å². The lowest BCUT2D eigenvalue weighted by Crippen LogP contribution is -2.22. The average Bonchev–Trinajstić information content (AvgIpc) is 2.43. The van der Waals surface area contributed by atoms with Gasteiger partial charge in [0.05, 0.1) is 5.02 Å². The van der Waals surface area contributed by atoms with Gasteiger partial charge in [-0.1, -0.05) is 43.1 Å². The molecule has 1 N–H and O–H groups in total. The molecule has 4 heteroatoms. The molecular formula is C17H19ClFNO. The van der Waals surface area contributed by atoms with E-state index in [1.807, 2.05) is 19.1 Å². The van der Waals surface area contributed by atoms with E-state index >= 15 is 0 Å². The lowest BCUT2D eigenvalue weighted by Gasteiger charge is -2.14. The molecule has 0 saturated heterocycles. The zero-order valence-corrected chi connectivity index (χ0v) is 13.2. The zero-order chi connectivity index (χ0) is 15.4. The molecule has 2 rings (SSSR count). The van der Waals surface area contributed by atoms with Crippen LogP contribution < -0.4 is 10.1 Å². The summed E-state index contributed by atoms with van der Waals surface area (Å²) in [5.74, 6) is 0.821. The summed E-state index contributed by atoms with van der Waals surface area (Å²) in [6, 6.07) is 10.7. The van der Waals surface area contributed by atoms with E-state index in [4.69, 9.17) is 16.3 Å². The van der Waals surface area contributed by atoms with E-state index in [-0.39, 0.29) is 5.02 Å². The van der Waals surface area contributed by atoms with Crippen LogP contribution in [0, 0.1) is 12.7 Å². The topological polar surface area (TPSA) is 21.3 Å². The molecule has 21 heavy (non-hydrogen) atoms. The maximum absolute atomic E-state index is 13.2. The van der Waals surface area contributed by atoms with Crippen LogP contribution in [0.4, 0.5) is 4.39 Å². The van der Waals surface area contributed by atoms with Crippen LogP contribution in [0.1, 0.15) is 25.0 Å². The lowest BCUT2D eigenvalue weighted by atomic mass is 10.1. The highest BCUT2D eigenvalue weighted by Crippen LogP contribution is 2.29. The molecule has 0 aliphatic heterocycles. The van der Waals surface area contributed by atoms with Crippen molar-refractivity contribution in [3.8, 4) is 11.5 Å². The molecule has 0 bridgehead atoms. The Morgan fingerprint density at radius 3 is 2.62 bits per heavy atom. The van der Waals surface area contributed by atoms with Gasteiger partial charge < -0.3 is 10.1 Å². The molecule has 0 spiro atoms. The van der Waals surface area contributed by atoms with Crippen molar-refractivity contribution in [2.24, 2.45) is 0 Å². The minimum Gasteiger partial charge on any atom is -0.457 e. The lowest BCUT2D eigenvalue weighted by molar-refractivity contribution is 0.467. The second-order valence-corrected chi connectivity index (χ2v) is 5.73. The summed E-state index contributed by atoms with van der Waals surface area (Å²) in [5.41, 5.74) is 2.23. The molecular weight excluding hydrogens is 289 g/mol. The van der Waals surface area contributed by atoms with Crippen LogP contribution in [0.15, 0.2) is 36.4 Å². The van der Waals surface area contributed by atoms with Crippen molar-refractivity contribution in [3.63, 3.8) is 0 Å². The average molecular weight is 308 g/mol. The first-order valence-corrected chi connectivity index (χ1v) is 7.29. The number of aryl methyl sites for hydroxylation is 1. The fourth-order valence-electron chi connectivity index (χ4n) is 1.93. The number of hydrogen-bond donors (Lipinski definition) is 1. The standard InChI is InChI=1S/C17H19ClFNO/c1-11(2)20-10-13-8-12(3)4-7-17(13)21-14-5-6-16(19)15(18)9-14/h4-9,11,20H,10H2,1-3H3. The second kappa shape index (κ2) is 6.92. The fourth-order valence-corrected chi connectivity index (χ4v) is 2.10. The molecule has 2 aromatic carbocycles. The Labute approximate surface area is 129 Å². The smallest absolute Gasteiger partial charge is 0.142 e. The number of halogens is 2. The summed E-state index contributed by atoms with van der Waals surface area (Å²) >= 11 is 5.78. The summed E-state index contributed by atoms with van der Waals surface area (Å²) in [4.78, 5) is 0. The molecule has 2 nitrogen and oxygen atoms in total. The maximum atomic E-state index is 13.2. The Hall–Kier alpha value is -1.58. The number of nitrogens with one attached hydrogen (secondary N) is 1. The largest absolute Gasteiger partial charge is 0.457 e. The third kappa shape index (κ3) is 4.45. The van der Waals surface area contributed by atoms with Gasteiger partial charge in [0.25, 0.3) is 0 Å². The van der Waals surface area contributed by atoms with Gasteiger partial charge in [-0.15, -0.1) is 0 Å². The van der Waals surface area contributed by atoms with Gasteiger partial charge in [-0.3, -0.25) is 0 Å². The molecule has 2 aromatic rings. The summed E-state index contributed by atoms with van der Waals surface area (Å²) in [6.07, 6.45) is 0. The third-order valence-corrected chi connectivity index (χ3v) is 3.33. The number of ether oxygens (including phenoxy) is 1. The van der Waals surface area contributed by atoms with Gasteiger partial charge >= 0.3 is 0 Å². The van der Waals surface area contributed by atoms with Crippen LogP contribution in [-0.4, -0.2) is 6.04 Å². The van der Waals surface area contributed by atoms with Crippen molar-refractivity contribution in [2.75, 3.05) is 0 Å². The van der Waals surface area contributed by atoms with E-state index in [1.165, 1.54) is 17.7 Å². The number of rotatable bonds is 5. The Morgan fingerprint density at radius 2 is 1.95 bits per heavy atom. The summed E-state index contributed by atoms with van der Waals surface area (Å²) in [6.45, 7) is 6.94. The summed E-state index contributed by atoms with van der Waals surface area (Å²) in [7, 11) is 0. The van der Waals surface area contributed by atoms with Crippen molar-refractivity contribution in [2.45, 2.75) is 33.4 Å². The van der Waals surface area contributed by atoms with Crippen LogP contribution in [0.25, 0.3) is 0 Å². The molecule has 0 radical (unpaired) electrons. The molecule has 0 aliphatic rings. The Kier molecular flexibility index (Phi) is 5.21. The van der Waals surface area contributed by atoms with Gasteiger partial charge in [-0.25, -0.2) is 4.39 Å². The maximum Gasteiger partial charge on any atom is 0.142 e. The Morgan fingerprint density at radius 1 is 1.19 bits per heavy atom. The third-order valence-electron chi connectivity index (χ3n) is 3.04. The minimum atomic E-state index is -0.449. The van der Waals surface area contributed by atoms with E-state index in [0.29, 0.717) is 18.3 Å². The second-order valence-electron chi connectivity index (χ2n) is 5.32. The van der Waals surface area contributed by atoms with Gasteiger partial charge in [0, 0.05) is 24.2 Å².